The zero-order valence-corrected chi connectivity index (χ0v) is 10.8. The molecule has 0 amide bonds. The third kappa shape index (κ3) is 6.91. The van der Waals surface area contributed by atoms with Crippen LogP contribution in [0.3, 0.4) is 0 Å². The largest absolute Gasteiger partial charge is 0.314 e. The summed E-state index contributed by atoms with van der Waals surface area (Å²) in [6, 6.07) is 0.878. The highest BCUT2D eigenvalue weighted by molar-refractivity contribution is 4.80. The summed E-state index contributed by atoms with van der Waals surface area (Å²) in [6.07, 6.45) is 6.80. The van der Waals surface area contributed by atoms with E-state index in [-0.39, 0.29) is 0 Å². The molecule has 1 fully saturated rings. The lowest BCUT2D eigenvalue weighted by atomic mass is 10.1. The highest BCUT2D eigenvalue weighted by atomic mass is 15.1. The van der Waals surface area contributed by atoms with Crippen molar-refractivity contribution in [1.29, 1.82) is 0 Å². The number of hydrogen-bond donors (Lipinski definition) is 1. The van der Waals surface area contributed by atoms with E-state index in [9.17, 15) is 0 Å². The maximum atomic E-state index is 3.56. The first-order valence-corrected chi connectivity index (χ1v) is 6.64. The molecule has 0 radical (unpaired) electrons. The van der Waals surface area contributed by atoms with E-state index in [0.29, 0.717) is 0 Å². The molecule has 2 heteroatoms. The van der Waals surface area contributed by atoms with Crippen molar-refractivity contribution in [1.82, 2.24) is 10.2 Å². The predicted molar refractivity (Wildman–Crippen MR) is 67.2 cm³/mol. The molecule has 0 bridgehead atoms. The lowest BCUT2D eigenvalue weighted by molar-refractivity contribution is 0.276. The third-order valence-corrected chi connectivity index (χ3v) is 3.30. The standard InChI is InChI=1S/C13H28N2/c1-4-12(2)11-15(3)10-6-5-9-14-13-7-8-13/h12-14H,4-11H2,1-3H3. The Kier molecular flexibility index (Phi) is 6.26. The fraction of sp³-hybridized carbons (Fsp3) is 1.00. The van der Waals surface area contributed by atoms with Crippen molar-refractivity contribution in [3.05, 3.63) is 0 Å². The summed E-state index contributed by atoms with van der Waals surface area (Å²) in [4.78, 5) is 2.48. The van der Waals surface area contributed by atoms with Gasteiger partial charge in [-0.1, -0.05) is 20.3 Å². The third-order valence-electron chi connectivity index (χ3n) is 3.30. The van der Waals surface area contributed by atoms with Gasteiger partial charge in [0.15, 0.2) is 0 Å². The van der Waals surface area contributed by atoms with E-state index in [4.69, 9.17) is 0 Å². The molecular weight excluding hydrogens is 184 g/mol. The van der Waals surface area contributed by atoms with Gasteiger partial charge in [0.05, 0.1) is 0 Å². The van der Waals surface area contributed by atoms with Crippen molar-refractivity contribution in [2.24, 2.45) is 5.92 Å². The second-order valence-electron chi connectivity index (χ2n) is 5.21. The Morgan fingerprint density at radius 3 is 2.67 bits per heavy atom. The number of nitrogens with one attached hydrogen (secondary N) is 1. The van der Waals surface area contributed by atoms with Crippen molar-refractivity contribution < 1.29 is 0 Å². The molecular formula is C13H28N2. The summed E-state index contributed by atoms with van der Waals surface area (Å²) < 4.78 is 0. The second-order valence-corrected chi connectivity index (χ2v) is 5.21. The van der Waals surface area contributed by atoms with Gasteiger partial charge in [-0.15, -0.1) is 0 Å². The van der Waals surface area contributed by atoms with Gasteiger partial charge in [0.25, 0.3) is 0 Å². The van der Waals surface area contributed by atoms with Gasteiger partial charge in [0.2, 0.25) is 0 Å². The molecule has 0 aliphatic heterocycles. The average molecular weight is 212 g/mol. The Balaban J connectivity index is 1.84. The summed E-state index contributed by atoms with van der Waals surface area (Å²) in [5, 5.41) is 3.56. The molecule has 2 nitrogen and oxygen atoms in total. The highest BCUT2D eigenvalue weighted by Gasteiger charge is 2.19. The monoisotopic (exact) mass is 212 g/mol. The summed E-state index contributed by atoms with van der Waals surface area (Å²) in [7, 11) is 2.25. The molecule has 1 aliphatic carbocycles. The molecule has 1 rings (SSSR count). The van der Waals surface area contributed by atoms with E-state index < -0.39 is 0 Å². The van der Waals surface area contributed by atoms with Crippen LogP contribution in [0.4, 0.5) is 0 Å². The van der Waals surface area contributed by atoms with Crippen molar-refractivity contribution in [2.45, 2.75) is 52.0 Å². The van der Waals surface area contributed by atoms with Crippen LogP contribution in [0.15, 0.2) is 0 Å². The molecule has 0 aromatic heterocycles. The molecule has 0 aromatic carbocycles. The van der Waals surface area contributed by atoms with Crippen molar-refractivity contribution >= 4 is 0 Å². The second kappa shape index (κ2) is 7.24. The molecule has 1 aliphatic rings. The molecule has 90 valence electrons. The maximum absolute atomic E-state index is 3.56. The minimum Gasteiger partial charge on any atom is -0.314 e. The fourth-order valence-electron chi connectivity index (χ4n) is 1.85. The van der Waals surface area contributed by atoms with E-state index >= 15 is 0 Å². The van der Waals surface area contributed by atoms with E-state index in [2.05, 4.69) is 31.1 Å². The zero-order chi connectivity index (χ0) is 11.1. The molecule has 1 saturated carbocycles. The summed E-state index contributed by atoms with van der Waals surface area (Å²) in [5.41, 5.74) is 0. The first-order chi connectivity index (χ1) is 7.22. The average Bonchev–Trinajstić information content (AvgIpc) is 3.01. The molecule has 1 unspecified atom stereocenters. The van der Waals surface area contributed by atoms with Gasteiger partial charge < -0.3 is 10.2 Å². The number of hydrogen-bond acceptors (Lipinski definition) is 2. The zero-order valence-electron chi connectivity index (χ0n) is 10.8. The van der Waals surface area contributed by atoms with Gasteiger partial charge in [-0.3, -0.25) is 0 Å². The van der Waals surface area contributed by atoms with Crippen LogP contribution in [0.25, 0.3) is 0 Å². The van der Waals surface area contributed by atoms with Crippen LogP contribution in [0.1, 0.15) is 46.0 Å². The Morgan fingerprint density at radius 1 is 1.33 bits per heavy atom. The Labute approximate surface area is 95.4 Å². The summed E-state index contributed by atoms with van der Waals surface area (Å²) >= 11 is 0. The highest BCUT2D eigenvalue weighted by Crippen LogP contribution is 2.18. The number of nitrogens with zero attached hydrogens (tertiary/aromatic N) is 1. The topological polar surface area (TPSA) is 15.3 Å². The molecule has 0 spiro atoms. The van der Waals surface area contributed by atoms with Crippen LogP contribution < -0.4 is 5.32 Å². The Hall–Kier alpha value is -0.0800. The lowest BCUT2D eigenvalue weighted by Crippen LogP contribution is -2.26. The normalized spacial score (nSPS) is 18.4. The quantitative estimate of drug-likeness (QED) is 0.591. The van der Waals surface area contributed by atoms with Crippen LogP contribution in [0.2, 0.25) is 0 Å². The van der Waals surface area contributed by atoms with Crippen LogP contribution in [0.5, 0.6) is 0 Å². The number of rotatable bonds is 9. The van der Waals surface area contributed by atoms with E-state index in [1.165, 1.54) is 51.7 Å². The maximum Gasteiger partial charge on any atom is 0.00682 e. The lowest BCUT2D eigenvalue weighted by Gasteiger charge is -2.20. The minimum atomic E-state index is 0.847. The minimum absolute atomic E-state index is 0.847. The SMILES string of the molecule is CCC(C)CN(C)CCCCNC1CC1. The first-order valence-electron chi connectivity index (χ1n) is 6.64. The first kappa shape index (κ1) is 13.0. The van der Waals surface area contributed by atoms with E-state index in [0.717, 1.165) is 12.0 Å². The molecule has 0 saturated heterocycles. The predicted octanol–water partition coefficient (Wildman–Crippen LogP) is 2.50. The van der Waals surface area contributed by atoms with Crippen molar-refractivity contribution in [2.75, 3.05) is 26.7 Å². The molecule has 1 atom stereocenters. The fourth-order valence-corrected chi connectivity index (χ4v) is 1.85. The Bertz CT molecular complexity index is 155. The Morgan fingerprint density at radius 2 is 2.07 bits per heavy atom. The van der Waals surface area contributed by atoms with Crippen molar-refractivity contribution in [3.8, 4) is 0 Å². The molecule has 1 N–H and O–H groups in total. The van der Waals surface area contributed by atoms with E-state index in [1.54, 1.807) is 0 Å². The number of unbranched alkanes of at least 4 members (excludes halogenated alkanes) is 1. The van der Waals surface area contributed by atoms with Crippen LogP contribution in [-0.2, 0) is 0 Å². The van der Waals surface area contributed by atoms with Gasteiger partial charge >= 0.3 is 0 Å². The smallest absolute Gasteiger partial charge is 0.00682 e. The van der Waals surface area contributed by atoms with Crippen LogP contribution >= 0.6 is 0 Å². The summed E-state index contributed by atoms with van der Waals surface area (Å²) in [6.45, 7) is 8.36. The van der Waals surface area contributed by atoms with Gasteiger partial charge in [-0.25, -0.2) is 0 Å². The molecule has 0 aromatic rings. The molecule has 15 heavy (non-hydrogen) atoms. The van der Waals surface area contributed by atoms with Gasteiger partial charge in [-0.2, -0.15) is 0 Å². The van der Waals surface area contributed by atoms with Gasteiger partial charge in [0, 0.05) is 12.6 Å². The summed E-state index contributed by atoms with van der Waals surface area (Å²) in [5.74, 6) is 0.847. The van der Waals surface area contributed by atoms with Gasteiger partial charge in [0.1, 0.15) is 0 Å². The molecule has 0 heterocycles. The van der Waals surface area contributed by atoms with Gasteiger partial charge in [-0.05, 0) is 51.7 Å². The van der Waals surface area contributed by atoms with E-state index in [1.807, 2.05) is 0 Å². The van der Waals surface area contributed by atoms with Crippen LogP contribution in [0, 0.1) is 5.92 Å². The van der Waals surface area contributed by atoms with Crippen LogP contribution in [-0.4, -0.2) is 37.6 Å². The van der Waals surface area contributed by atoms with Crippen molar-refractivity contribution in [3.63, 3.8) is 0 Å².